The van der Waals surface area contributed by atoms with E-state index in [2.05, 4.69) is 14.5 Å². The topological polar surface area (TPSA) is 118 Å². The molecule has 276 valence electrons. The molecule has 1 saturated heterocycles. The average Bonchev–Trinajstić information content (AvgIpc) is 3.12. The first-order valence-electron chi connectivity index (χ1n) is 18.5. The number of halogens is 1. The van der Waals surface area contributed by atoms with Crippen molar-refractivity contribution in [2.45, 2.75) is 82.7 Å². The summed E-state index contributed by atoms with van der Waals surface area (Å²) in [5.74, 6) is 0.205. The molecule has 2 aromatic rings. The van der Waals surface area contributed by atoms with Crippen LogP contribution in [0.3, 0.4) is 0 Å². The van der Waals surface area contributed by atoms with Crippen molar-refractivity contribution in [3.63, 3.8) is 0 Å². The van der Waals surface area contributed by atoms with E-state index in [0.717, 1.165) is 82.7 Å². The highest BCUT2D eigenvalue weighted by atomic mass is 35.5. The van der Waals surface area contributed by atoms with Crippen LogP contribution in [0.4, 0.5) is 5.69 Å². The predicted octanol–water partition coefficient (Wildman–Crippen LogP) is 5.44. The van der Waals surface area contributed by atoms with Gasteiger partial charge >= 0.3 is 0 Å². The Hall–Kier alpha value is -2.41. The molecule has 2 fully saturated rings. The Morgan fingerprint density at radius 2 is 1.84 bits per heavy atom. The molecule has 5 atom stereocenters. The summed E-state index contributed by atoms with van der Waals surface area (Å²) in [6.07, 6.45) is 6.70. The second-order valence-electron chi connectivity index (χ2n) is 14.8. The number of anilines is 1. The first-order valence-corrected chi connectivity index (χ1v) is 20.4. The van der Waals surface area contributed by atoms with Gasteiger partial charge in [0.05, 0.1) is 43.0 Å². The van der Waals surface area contributed by atoms with Crippen LogP contribution >= 0.6 is 11.6 Å². The Morgan fingerprint density at radius 3 is 2.60 bits per heavy atom. The van der Waals surface area contributed by atoms with Crippen LogP contribution in [-0.2, 0) is 32.5 Å². The van der Waals surface area contributed by atoms with Crippen molar-refractivity contribution < 1.29 is 32.5 Å². The van der Waals surface area contributed by atoms with E-state index in [0.29, 0.717) is 49.8 Å². The van der Waals surface area contributed by atoms with Gasteiger partial charge in [0, 0.05) is 43.3 Å². The zero-order chi connectivity index (χ0) is 35.3. The molecule has 6 rings (SSSR count). The molecule has 3 aliphatic heterocycles. The number of rotatable bonds is 5. The number of nitrogens with one attached hydrogen (secondary N) is 1. The summed E-state index contributed by atoms with van der Waals surface area (Å²) in [5.41, 5.74) is 2.56. The molecule has 0 unspecified atom stereocenters. The van der Waals surface area contributed by atoms with Crippen molar-refractivity contribution in [2.75, 3.05) is 64.1 Å². The Bertz CT molecular complexity index is 1590. The number of aliphatic hydroxyl groups is 1. The fraction of sp³-hybridized carbons (Fsp3) is 0.658. The summed E-state index contributed by atoms with van der Waals surface area (Å²) >= 11 is 6.37. The number of carbonyl (C=O) groups is 1. The van der Waals surface area contributed by atoms with E-state index in [-0.39, 0.29) is 29.9 Å². The minimum Gasteiger partial charge on any atom is -0.487 e. The quantitative estimate of drug-likeness (QED) is 0.415. The van der Waals surface area contributed by atoms with Gasteiger partial charge in [0.15, 0.2) is 0 Å². The molecule has 1 aliphatic carbocycles. The maximum atomic E-state index is 13.5. The van der Waals surface area contributed by atoms with Crippen LogP contribution in [0.25, 0.3) is 0 Å². The van der Waals surface area contributed by atoms with Gasteiger partial charge in [-0.3, -0.25) is 9.69 Å². The van der Waals surface area contributed by atoms with Crippen molar-refractivity contribution in [1.82, 2.24) is 9.62 Å². The molecule has 3 heterocycles. The second-order valence-corrected chi connectivity index (χ2v) is 17.3. The smallest absolute Gasteiger partial charge is 0.264 e. The molecular formula is C38H54ClN3O7S. The van der Waals surface area contributed by atoms with Crippen molar-refractivity contribution in [3.05, 3.63) is 58.1 Å². The van der Waals surface area contributed by atoms with Gasteiger partial charge in [-0.2, -0.15) is 0 Å². The summed E-state index contributed by atoms with van der Waals surface area (Å²) in [4.78, 5) is 18.2. The fourth-order valence-corrected chi connectivity index (χ4v) is 9.70. The van der Waals surface area contributed by atoms with Gasteiger partial charge < -0.3 is 24.2 Å². The molecule has 12 heteroatoms. The van der Waals surface area contributed by atoms with E-state index in [1.165, 1.54) is 5.56 Å². The van der Waals surface area contributed by atoms with Crippen LogP contribution in [-0.4, -0.2) is 94.3 Å². The molecule has 50 heavy (non-hydrogen) atoms. The minimum absolute atomic E-state index is 0.0831. The summed E-state index contributed by atoms with van der Waals surface area (Å²) in [6, 6.07) is 11.1. The number of hydrogen-bond donors (Lipinski definition) is 2. The zero-order valence-corrected chi connectivity index (χ0v) is 31.2. The zero-order valence-electron chi connectivity index (χ0n) is 29.6. The molecular weight excluding hydrogens is 678 g/mol. The first kappa shape index (κ1) is 37.4. The molecule has 1 amide bonds. The molecule has 1 saturated carbocycles. The number of carbonyl (C=O) groups excluding carboxylic acids is 1. The maximum absolute atomic E-state index is 13.5. The molecule has 2 aromatic carbocycles. The number of sulfonamides is 1. The van der Waals surface area contributed by atoms with E-state index in [1.54, 1.807) is 25.1 Å². The predicted molar refractivity (Wildman–Crippen MR) is 195 cm³/mol. The molecule has 2 bridgehead atoms. The lowest BCUT2D eigenvalue weighted by atomic mass is 9.63. The van der Waals surface area contributed by atoms with Crippen LogP contribution in [0.2, 0.25) is 5.02 Å². The van der Waals surface area contributed by atoms with E-state index < -0.39 is 26.8 Å². The largest absolute Gasteiger partial charge is 0.487 e. The Kier molecular flexibility index (Phi) is 12.3. The Labute approximate surface area is 302 Å². The van der Waals surface area contributed by atoms with E-state index in [4.69, 9.17) is 25.8 Å². The molecule has 0 spiro atoms. The van der Waals surface area contributed by atoms with Gasteiger partial charge in [-0.1, -0.05) is 31.0 Å². The number of aliphatic hydroxyl groups excluding tert-OH is 1. The first-order chi connectivity index (χ1) is 24.1. The van der Waals surface area contributed by atoms with Crippen LogP contribution in [0.5, 0.6) is 5.75 Å². The number of amides is 1. The van der Waals surface area contributed by atoms with Crippen molar-refractivity contribution in [3.8, 4) is 5.75 Å². The highest BCUT2D eigenvalue weighted by molar-refractivity contribution is 7.90. The maximum Gasteiger partial charge on any atom is 0.264 e. The number of nitrogens with zero attached hydrogens (tertiary/aromatic N) is 2. The van der Waals surface area contributed by atoms with E-state index >= 15 is 0 Å². The van der Waals surface area contributed by atoms with Gasteiger partial charge in [0.2, 0.25) is 10.0 Å². The summed E-state index contributed by atoms with van der Waals surface area (Å²) < 4.78 is 48.2. The van der Waals surface area contributed by atoms with Crippen molar-refractivity contribution in [2.24, 2.45) is 17.8 Å². The Morgan fingerprint density at radius 1 is 1.02 bits per heavy atom. The molecule has 2 N–H and O–H groups in total. The minimum atomic E-state index is -3.96. The lowest BCUT2D eigenvalue weighted by molar-refractivity contribution is -0.163. The Balaban J connectivity index is 1.34. The van der Waals surface area contributed by atoms with Crippen LogP contribution in [0.15, 0.2) is 36.4 Å². The third-order valence-corrected chi connectivity index (χ3v) is 13.9. The third-order valence-electron chi connectivity index (χ3n) is 11.7. The number of benzene rings is 2. The standard InChI is InChI=1S/C38H54ClN3O7S/c1-27-6-5-14-38(26-43,49-21-18-41-16-19-47-20-17-41)34-12-9-31(34)24-42-15-4-3-7-29-22-33(39)11-8-32(29)25-48-36-13-10-30(23-35(36)42)37(44)40-50(45,46)28(27)2/h8,10-11,13,22-23,27-28,31,34,43H,3-7,9,12,14-21,24-26H2,1-2H3,(H,40,44)/t27-,28+,31-,34+,38+/m0/s1. The van der Waals surface area contributed by atoms with Crippen LogP contribution in [0.1, 0.15) is 80.3 Å². The van der Waals surface area contributed by atoms with Gasteiger partial charge in [-0.05, 0) is 111 Å². The van der Waals surface area contributed by atoms with Gasteiger partial charge in [-0.25, -0.2) is 13.1 Å². The van der Waals surface area contributed by atoms with Crippen LogP contribution in [0, 0.1) is 17.8 Å². The second kappa shape index (κ2) is 16.5. The van der Waals surface area contributed by atoms with Gasteiger partial charge in [-0.15, -0.1) is 0 Å². The lowest BCUT2D eigenvalue weighted by Crippen LogP contribution is -2.55. The van der Waals surface area contributed by atoms with Crippen molar-refractivity contribution >= 4 is 33.2 Å². The van der Waals surface area contributed by atoms with E-state index in [9.17, 15) is 18.3 Å². The van der Waals surface area contributed by atoms with Gasteiger partial charge in [0.1, 0.15) is 12.4 Å². The van der Waals surface area contributed by atoms with Crippen LogP contribution < -0.4 is 14.4 Å². The average molecular weight is 732 g/mol. The van der Waals surface area contributed by atoms with Gasteiger partial charge in [0.25, 0.3) is 5.91 Å². The summed E-state index contributed by atoms with van der Waals surface area (Å²) in [7, 11) is -3.96. The number of ether oxygens (including phenoxy) is 3. The highest BCUT2D eigenvalue weighted by Gasteiger charge is 2.49. The SMILES string of the molecule is C[C@@H]1[C@@H](C)CCC[C@](CO)(OCCN2CCOCC2)[C@@H]2CC[C@H]2CN2CCCCc3cc(Cl)ccc3COc3ccc(cc32)C(=O)NS1(=O)=O. The number of morpholine rings is 1. The lowest BCUT2D eigenvalue weighted by Gasteiger charge is -2.51. The van der Waals surface area contributed by atoms with E-state index in [1.807, 2.05) is 25.1 Å². The van der Waals surface area contributed by atoms with Crippen molar-refractivity contribution in [1.29, 1.82) is 0 Å². The number of hydrogen-bond acceptors (Lipinski definition) is 9. The molecule has 0 radical (unpaired) electrons. The summed E-state index contributed by atoms with van der Waals surface area (Å²) in [5, 5.41) is 11.1. The molecule has 0 aromatic heterocycles. The fourth-order valence-electron chi connectivity index (χ4n) is 8.20. The number of aryl methyl sites for hydroxylation is 1. The molecule has 4 aliphatic rings. The monoisotopic (exact) mass is 731 g/mol. The normalized spacial score (nSPS) is 29.7. The number of fused-ring (bicyclic) bond motifs is 3. The highest BCUT2D eigenvalue weighted by Crippen LogP contribution is 2.47. The third kappa shape index (κ3) is 8.61. The molecule has 10 nitrogen and oxygen atoms in total. The summed E-state index contributed by atoms with van der Waals surface area (Å²) in [6.45, 7) is 9.78.